The molecule has 0 unspecified atom stereocenters. The van der Waals surface area contributed by atoms with E-state index in [1.807, 2.05) is 0 Å². The van der Waals surface area contributed by atoms with Crippen LogP contribution in [0.4, 0.5) is 4.39 Å². The van der Waals surface area contributed by atoms with E-state index in [1.165, 1.54) is 17.0 Å². The van der Waals surface area contributed by atoms with Gasteiger partial charge in [-0.2, -0.15) is 0 Å². The normalized spacial score (nSPS) is 17.8. The van der Waals surface area contributed by atoms with E-state index in [4.69, 9.17) is 22.1 Å². The number of hydrogen-bond donors (Lipinski definition) is 1. The summed E-state index contributed by atoms with van der Waals surface area (Å²) in [4.78, 5) is 13.9. The number of benzene rings is 1. The lowest BCUT2D eigenvalue weighted by atomic mass is 9.89. The number of carbonyl (C=O) groups is 1. The first kappa shape index (κ1) is 15.2. The largest absolute Gasteiger partial charge is 0.381 e. The Morgan fingerprint density at radius 2 is 2.15 bits per heavy atom. The van der Waals surface area contributed by atoms with Gasteiger partial charge in [-0.15, -0.1) is 0 Å². The summed E-state index contributed by atoms with van der Waals surface area (Å²) >= 11 is 5.97. The number of amides is 1. The number of nitrogens with zero attached hydrogens (tertiary/aromatic N) is 1. The fourth-order valence-electron chi connectivity index (χ4n) is 2.32. The van der Waals surface area contributed by atoms with Crippen molar-refractivity contribution >= 4 is 17.5 Å². The molecule has 0 aliphatic carbocycles. The molecule has 0 radical (unpaired) electrons. The standard InChI is InChI=1S/C14H18ClFN2O2/c1-18(9-10-11(15)3-2-4-12(10)16)13(19)14(17)5-7-20-8-6-14/h2-4H,5-9,17H2,1H3. The Bertz CT molecular complexity index is 484. The zero-order valence-electron chi connectivity index (χ0n) is 11.4. The summed E-state index contributed by atoms with van der Waals surface area (Å²) in [5.74, 6) is -0.629. The van der Waals surface area contributed by atoms with Gasteiger partial charge in [0.1, 0.15) is 5.82 Å². The Kier molecular flexibility index (Phi) is 4.62. The Morgan fingerprint density at radius 1 is 1.50 bits per heavy atom. The van der Waals surface area contributed by atoms with Crippen molar-refractivity contribution in [3.8, 4) is 0 Å². The van der Waals surface area contributed by atoms with E-state index in [1.54, 1.807) is 13.1 Å². The number of ether oxygens (including phenoxy) is 1. The van der Waals surface area contributed by atoms with Crippen molar-refractivity contribution in [1.82, 2.24) is 4.90 Å². The predicted octanol–water partition coefficient (Wildman–Crippen LogP) is 1.95. The Labute approximate surface area is 122 Å². The summed E-state index contributed by atoms with van der Waals surface area (Å²) in [5, 5.41) is 0.308. The van der Waals surface area contributed by atoms with E-state index in [0.717, 1.165) is 0 Å². The second kappa shape index (κ2) is 6.08. The van der Waals surface area contributed by atoms with Crippen LogP contribution < -0.4 is 5.73 Å². The molecule has 0 bridgehead atoms. The average Bonchev–Trinajstić information content (AvgIpc) is 2.43. The van der Waals surface area contributed by atoms with Crippen LogP contribution in [0.1, 0.15) is 18.4 Å². The van der Waals surface area contributed by atoms with Crippen molar-refractivity contribution in [2.45, 2.75) is 24.9 Å². The third kappa shape index (κ3) is 3.11. The molecule has 1 heterocycles. The number of halogens is 2. The topological polar surface area (TPSA) is 55.6 Å². The number of likely N-dealkylation sites (N-methyl/N-ethyl adjacent to an activating group) is 1. The monoisotopic (exact) mass is 300 g/mol. The molecule has 0 atom stereocenters. The zero-order valence-corrected chi connectivity index (χ0v) is 12.1. The molecule has 1 amide bonds. The molecule has 1 saturated heterocycles. The van der Waals surface area contributed by atoms with Gasteiger partial charge in [0.2, 0.25) is 5.91 Å². The van der Waals surface area contributed by atoms with Crippen LogP contribution in [0.25, 0.3) is 0 Å². The fourth-order valence-corrected chi connectivity index (χ4v) is 2.54. The second-order valence-corrected chi connectivity index (χ2v) is 5.54. The Hall–Kier alpha value is -1.17. The van der Waals surface area contributed by atoms with Crippen LogP contribution in [0.5, 0.6) is 0 Å². The number of rotatable bonds is 3. The highest BCUT2D eigenvalue weighted by Crippen LogP contribution is 2.24. The number of carbonyl (C=O) groups excluding carboxylic acids is 1. The molecular weight excluding hydrogens is 283 g/mol. The van der Waals surface area contributed by atoms with Crippen molar-refractivity contribution in [2.75, 3.05) is 20.3 Å². The van der Waals surface area contributed by atoms with Crippen LogP contribution in [0, 0.1) is 5.82 Å². The Morgan fingerprint density at radius 3 is 2.75 bits per heavy atom. The quantitative estimate of drug-likeness (QED) is 0.928. The molecule has 1 aromatic carbocycles. The van der Waals surface area contributed by atoms with Crippen LogP contribution >= 0.6 is 11.6 Å². The molecule has 1 fully saturated rings. The fraction of sp³-hybridized carbons (Fsp3) is 0.500. The van der Waals surface area contributed by atoms with Gasteiger partial charge < -0.3 is 15.4 Å². The van der Waals surface area contributed by atoms with Crippen molar-refractivity contribution in [3.05, 3.63) is 34.6 Å². The van der Waals surface area contributed by atoms with Crippen molar-refractivity contribution in [1.29, 1.82) is 0 Å². The molecule has 4 nitrogen and oxygen atoms in total. The van der Waals surface area contributed by atoms with Crippen LogP contribution in [0.15, 0.2) is 18.2 Å². The maximum Gasteiger partial charge on any atom is 0.242 e. The third-order valence-electron chi connectivity index (χ3n) is 3.61. The van der Waals surface area contributed by atoms with Gasteiger partial charge in [-0.25, -0.2) is 4.39 Å². The van der Waals surface area contributed by atoms with E-state index < -0.39 is 11.4 Å². The highest BCUT2D eigenvalue weighted by Gasteiger charge is 2.38. The Balaban J connectivity index is 2.11. The van der Waals surface area contributed by atoms with Crippen molar-refractivity contribution < 1.29 is 13.9 Å². The molecule has 20 heavy (non-hydrogen) atoms. The van der Waals surface area contributed by atoms with Crippen LogP contribution in [-0.4, -0.2) is 36.6 Å². The maximum atomic E-state index is 13.7. The molecule has 0 saturated carbocycles. The smallest absolute Gasteiger partial charge is 0.242 e. The predicted molar refractivity (Wildman–Crippen MR) is 74.9 cm³/mol. The van der Waals surface area contributed by atoms with Gasteiger partial charge in [-0.3, -0.25) is 4.79 Å². The molecule has 2 rings (SSSR count). The zero-order chi connectivity index (χ0) is 14.8. The van der Waals surface area contributed by atoms with Crippen molar-refractivity contribution in [2.24, 2.45) is 5.73 Å². The molecule has 1 aliphatic rings. The SMILES string of the molecule is CN(Cc1c(F)cccc1Cl)C(=O)C1(N)CCOCC1. The number of hydrogen-bond acceptors (Lipinski definition) is 3. The molecule has 110 valence electrons. The van der Waals surface area contributed by atoms with Gasteiger partial charge in [0.15, 0.2) is 0 Å². The molecule has 1 aromatic rings. The third-order valence-corrected chi connectivity index (χ3v) is 3.97. The van der Waals surface area contributed by atoms with Gasteiger partial charge in [-0.1, -0.05) is 17.7 Å². The van der Waals surface area contributed by atoms with Crippen LogP contribution in [-0.2, 0) is 16.1 Å². The minimum absolute atomic E-state index is 0.101. The highest BCUT2D eigenvalue weighted by atomic mass is 35.5. The van der Waals surface area contributed by atoms with Crippen LogP contribution in [0.2, 0.25) is 5.02 Å². The highest BCUT2D eigenvalue weighted by molar-refractivity contribution is 6.31. The van der Waals surface area contributed by atoms with Crippen molar-refractivity contribution in [3.63, 3.8) is 0 Å². The van der Waals surface area contributed by atoms with E-state index in [0.29, 0.717) is 36.6 Å². The van der Waals surface area contributed by atoms with E-state index in [2.05, 4.69) is 0 Å². The lowest BCUT2D eigenvalue weighted by molar-refractivity contribution is -0.139. The minimum atomic E-state index is -0.926. The average molecular weight is 301 g/mol. The van der Waals surface area contributed by atoms with Gasteiger partial charge in [0.25, 0.3) is 0 Å². The molecule has 6 heteroatoms. The lowest BCUT2D eigenvalue weighted by Gasteiger charge is -2.35. The maximum absolute atomic E-state index is 13.7. The number of nitrogens with two attached hydrogens (primary N) is 1. The van der Waals surface area contributed by atoms with Gasteiger partial charge in [0.05, 0.1) is 5.54 Å². The summed E-state index contributed by atoms with van der Waals surface area (Å²) in [6.07, 6.45) is 0.947. The summed E-state index contributed by atoms with van der Waals surface area (Å²) in [6, 6.07) is 4.46. The van der Waals surface area contributed by atoms with Gasteiger partial charge >= 0.3 is 0 Å². The summed E-state index contributed by atoms with van der Waals surface area (Å²) in [6.45, 7) is 1.04. The molecule has 1 aliphatic heterocycles. The first-order valence-electron chi connectivity index (χ1n) is 6.49. The van der Waals surface area contributed by atoms with E-state index >= 15 is 0 Å². The minimum Gasteiger partial charge on any atom is -0.381 e. The van der Waals surface area contributed by atoms with Crippen LogP contribution in [0.3, 0.4) is 0 Å². The lowest BCUT2D eigenvalue weighted by Crippen LogP contribution is -2.57. The first-order chi connectivity index (χ1) is 9.44. The summed E-state index contributed by atoms with van der Waals surface area (Å²) in [5.41, 5.74) is 5.52. The van der Waals surface area contributed by atoms with E-state index in [9.17, 15) is 9.18 Å². The van der Waals surface area contributed by atoms with Gasteiger partial charge in [0, 0.05) is 37.4 Å². The summed E-state index contributed by atoms with van der Waals surface area (Å²) in [7, 11) is 1.61. The molecule has 0 spiro atoms. The summed E-state index contributed by atoms with van der Waals surface area (Å²) < 4.78 is 19.0. The molecule has 0 aromatic heterocycles. The van der Waals surface area contributed by atoms with E-state index in [-0.39, 0.29) is 12.5 Å². The molecular formula is C14H18ClFN2O2. The first-order valence-corrected chi connectivity index (χ1v) is 6.87. The molecule has 2 N–H and O–H groups in total. The van der Waals surface area contributed by atoms with Gasteiger partial charge in [-0.05, 0) is 25.0 Å². The second-order valence-electron chi connectivity index (χ2n) is 5.13.